The molecule has 1 atom stereocenters. The molecule has 1 saturated carbocycles. The molecule has 1 amide bonds. The van der Waals surface area contributed by atoms with E-state index in [4.69, 9.17) is 4.74 Å². The lowest BCUT2D eigenvalue weighted by Gasteiger charge is -2.27. The smallest absolute Gasteiger partial charge is 0.253 e. The molecule has 0 aromatic heterocycles. The van der Waals surface area contributed by atoms with Gasteiger partial charge in [-0.15, -0.1) is 0 Å². The third-order valence-electron chi connectivity index (χ3n) is 5.00. The lowest BCUT2D eigenvalue weighted by atomic mass is 10.1. The molecule has 2 aliphatic rings. The van der Waals surface area contributed by atoms with Gasteiger partial charge in [0.05, 0.1) is 18.1 Å². The summed E-state index contributed by atoms with van der Waals surface area (Å²) in [6.45, 7) is 3.46. The maximum absolute atomic E-state index is 12.9. The number of rotatable bonds is 5. The summed E-state index contributed by atoms with van der Waals surface area (Å²) in [4.78, 5) is 14.6. The second-order valence-electron chi connectivity index (χ2n) is 6.66. The van der Waals surface area contributed by atoms with Crippen LogP contribution >= 0.6 is 15.9 Å². The van der Waals surface area contributed by atoms with Crippen LogP contribution < -0.4 is 0 Å². The van der Waals surface area contributed by atoms with E-state index in [0.29, 0.717) is 42.3 Å². The van der Waals surface area contributed by atoms with Crippen LogP contribution in [0, 0.1) is 5.92 Å². The van der Waals surface area contributed by atoms with Gasteiger partial charge < -0.3 is 9.64 Å². The van der Waals surface area contributed by atoms with Crippen molar-refractivity contribution in [1.29, 1.82) is 0 Å². The summed E-state index contributed by atoms with van der Waals surface area (Å²) in [7, 11) is -1.88. The van der Waals surface area contributed by atoms with Gasteiger partial charge in [0.1, 0.15) is 0 Å². The van der Waals surface area contributed by atoms with Crippen LogP contribution in [0.3, 0.4) is 0 Å². The zero-order chi connectivity index (χ0) is 18.2. The van der Waals surface area contributed by atoms with Gasteiger partial charge in [0.2, 0.25) is 10.0 Å². The second-order valence-corrected chi connectivity index (χ2v) is 9.42. The molecule has 1 aromatic carbocycles. The normalized spacial score (nSPS) is 20.3. The number of benzene rings is 1. The fourth-order valence-electron chi connectivity index (χ4n) is 3.04. The first-order valence-electron chi connectivity index (χ1n) is 8.47. The molecule has 1 aliphatic heterocycles. The Morgan fingerprint density at radius 3 is 2.56 bits per heavy atom. The van der Waals surface area contributed by atoms with E-state index in [2.05, 4.69) is 15.9 Å². The van der Waals surface area contributed by atoms with Gasteiger partial charge in [-0.25, -0.2) is 8.42 Å². The van der Waals surface area contributed by atoms with Crippen molar-refractivity contribution in [2.24, 2.45) is 5.92 Å². The van der Waals surface area contributed by atoms with Gasteiger partial charge in [-0.1, -0.05) is 0 Å². The van der Waals surface area contributed by atoms with Gasteiger partial charge in [-0.3, -0.25) is 4.79 Å². The fourth-order valence-corrected chi connectivity index (χ4v) is 5.40. The van der Waals surface area contributed by atoms with Crippen molar-refractivity contribution in [3.05, 3.63) is 28.2 Å². The van der Waals surface area contributed by atoms with Crippen LogP contribution in [0.15, 0.2) is 27.6 Å². The Bertz CT molecular complexity index is 758. The number of nitrogens with zero attached hydrogens (tertiary/aromatic N) is 2. The standard InChI is InChI=1S/C17H23BrN2O4S/c1-12(13-3-4-13)19(2)17(21)14-5-6-15(18)16(11-14)25(22,23)20-7-9-24-10-8-20/h5-6,11-13H,3-4,7-10H2,1-2H3. The van der Waals surface area contributed by atoms with Crippen molar-refractivity contribution in [3.8, 4) is 0 Å². The van der Waals surface area contributed by atoms with E-state index in [1.54, 1.807) is 24.1 Å². The molecule has 1 aliphatic carbocycles. The van der Waals surface area contributed by atoms with Crippen molar-refractivity contribution >= 4 is 31.9 Å². The molecule has 1 unspecified atom stereocenters. The SMILES string of the molecule is CC(C1CC1)N(C)C(=O)c1ccc(Br)c(S(=O)(=O)N2CCOCC2)c1. The predicted octanol–water partition coefficient (Wildman–Crippen LogP) is 2.34. The van der Waals surface area contributed by atoms with Crippen LogP contribution in [0.2, 0.25) is 0 Å². The average Bonchev–Trinajstić information content (AvgIpc) is 3.46. The number of halogens is 1. The zero-order valence-electron chi connectivity index (χ0n) is 14.4. The van der Waals surface area contributed by atoms with Gasteiger partial charge in [0.15, 0.2) is 0 Å². The minimum Gasteiger partial charge on any atom is -0.379 e. The van der Waals surface area contributed by atoms with Gasteiger partial charge in [0, 0.05) is 36.2 Å². The third kappa shape index (κ3) is 3.92. The highest BCUT2D eigenvalue weighted by Gasteiger charge is 2.34. The van der Waals surface area contributed by atoms with Gasteiger partial charge in [-0.05, 0) is 59.8 Å². The number of amides is 1. The molecule has 0 bridgehead atoms. The summed E-state index contributed by atoms with van der Waals surface area (Å²) in [6, 6.07) is 4.94. The number of carbonyl (C=O) groups excluding carboxylic acids is 1. The maximum Gasteiger partial charge on any atom is 0.253 e. The number of carbonyl (C=O) groups is 1. The molecular formula is C17H23BrN2O4S. The lowest BCUT2D eigenvalue weighted by Crippen LogP contribution is -2.41. The van der Waals surface area contributed by atoms with E-state index >= 15 is 0 Å². The van der Waals surface area contributed by atoms with Crippen LogP contribution in [0.1, 0.15) is 30.1 Å². The predicted molar refractivity (Wildman–Crippen MR) is 98.0 cm³/mol. The highest BCUT2D eigenvalue weighted by atomic mass is 79.9. The number of ether oxygens (including phenoxy) is 1. The second kappa shape index (κ2) is 7.34. The highest BCUT2D eigenvalue weighted by molar-refractivity contribution is 9.10. The summed E-state index contributed by atoms with van der Waals surface area (Å²) >= 11 is 3.32. The van der Waals surface area contributed by atoms with E-state index in [0.717, 1.165) is 12.8 Å². The molecular weight excluding hydrogens is 408 g/mol. The number of hydrogen-bond acceptors (Lipinski definition) is 4. The van der Waals surface area contributed by atoms with Crippen molar-refractivity contribution in [2.45, 2.75) is 30.7 Å². The molecule has 3 rings (SSSR count). The molecule has 2 fully saturated rings. The average molecular weight is 431 g/mol. The fraction of sp³-hybridized carbons (Fsp3) is 0.588. The summed E-state index contributed by atoms with van der Waals surface area (Å²) in [5.74, 6) is 0.409. The number of morpholine rings is 1. The Hall–Kier alpha value is -0.960. The Kier molecular flexibility index (Phi) is 5.53. The molecule has 0 N–H and O–H groups in total. The van der Waals surface area contributed by atoms with Crippen molar-refractivity contribution in [1.82, 2.24) is 9.21 Å². The first-order valence-corrected chi connectivity index (χ1v) is 10.7. The molecule has 0 spiro atoms. The largest absolute Gasteiger partial charge is 0.379 e. The summed E-state index contributed by atoms with van der Waals surface area (Å²) in [5, 5.41) is 0. The van der Waals surface area contributed by atoms with Gasteiger partial charge >= 0.3 is 0 Å². The maximum atomic E-state index is 12.9. The minimum absolute atomic E-state index is 0.132. The Labute approximate surface area is 157 Å². The Balaban J connectivity index is 1.88. The van der Waals surface area contributed by atoms with E-state index in [1.165, 1.54) is 10.4 Å². The Morgan fingerprint density at radius 2 is 1.96 bits per heavy atom. The first kappa shape index (κ1) is 18.8. The number of hydrogen-bond donors (Lipinski definition) is 0. The molecule has 1 heterocycles. The number of sulfonamides is 1. The van der Waals surface area contributed by atoms with Crippen LogP contribution in [0.4, 0.5) is 0 Å². The summed E-state index contributed by atoms with van der Waals surface area (Å²) < 4.78 is 32.9. The highest BCUT2D eigenvalue weighted by Crippen LogP contribution is 2.35. The van der Waals surface area contributed by atoms with Crippen molar-refractivity contribution < 1.29 is 17.9 Å². The molecule has 8 heteroatoms. The van der Waals surface area contributed by atoms with E-state index in [1.807, 2.05) is 6.92 Å². The van der Waals surface area contributed by atoms with Crippen LogP contribution in [0.5, 0.6) is 0 Å². The van der Waals surface area contributed by atoms with Crippen molar-refractivity contribution in [2.75, 3.05) is 33.4 Å². The molecule has 6 nitrogen and oxygen atoms in total. The van der Waals surface area contributed by atoms with E-state index in [9.17, 15) is 13.2 Å². The van der Waals surface area contributed by atoms with Crippen molar-refractivity contribution in [3.63, 3.8) is 0 Å². The van der Waals surface area contributed by atoms with Crippen LogP contribution in [-0.2, 0) is 14.8 Å². The topological polar surface area (TPSA) is 66.9 Å². The van der Waals surface area contributed by atoms with E-state index in [-0.39, 0.29) is 16.8 Å². The quantitative estimate of drug-likeness (QED) is 0.718. The van der Waals surface area contributed by atoms with Gasteiger partial charge in [-0.2, -0.15) is 4.31 Å². The van der Waals surface area contributed by atoms with E-state index < -0.39 is 10.0 Å². The van der Waals surface area contributed by atoms with Crippen LogP contribution in [-0.4, -0.2) is 62.9 Å². The minimum atomic E-state index is -3.66. The Morgan fingerprint density at radius 1 is 1.32 bits per heavy atom. The third-order valence-corrected chi connectivity index (χ3v) is 7.89. The summed E-state index contributed by atoms with van der Waals surface area (Å²) in [6.07, 6.45) is 2.30. The molecule has 1 aromatic rings. The van der Waals surface area contributed by atoms with Gasteiger partial charge in [0.25, 0.3) is 5.91 Å². The molecule has 1 saturated heterocycles. The first-order chi connectivity index (χ1) is 11.8. The lowest BCUT2D eigenvalue weighted by molar-refractivity contribution is 0.0723. The molecule has 25 heavy (non-hydrogen) atoms. The summed E-state index contributed by atoms with van der Waals surface area (Å²) in [5.41, 5.74) is 0.394. The molecule has 0 radical (unpaired) electrons. The zero-order valence-corrected chi connectivity index (χ0v) is 16.8. The molecule has 138 valence electrons. The monoisotopic (exact) mass is 430 g/mol. The van der Waals surface area contributed by atoms with Crippen LogP contribution in [0.25, 0.3) is 0 Å².